The number of cyclic esters (lactones) is 1. The number of carbonyl (C=O) groups excluding carboxylic acids is 3. The summed E-state index contributed by atoms with van der Waals surface area (Å²) >= 11 is 2.16. The molecule has 2 aromatic carbocycles. The van der Waals surface area contributed by atoms with Crippen molar-refractivity contribution in [2.24, 2.45) is 0 Å². The van der Waals surface area contributed by atoms with Gasteiger partial charge in [-0.3, -0.25) is 14.5 Å². The number of benzene rings is 2. The topological polar surface area (TPSA) is 94.2 Å². The number of carbonyl (C=O) groups is 3. The Labute approximate surface area is 186 Å². The van der Waals surface area contributed by atoms with Crippen LogP contribution < -0.4 is 14.8 Å². The number of methoxy groups -OCH3 is 2. The van der Waals surface area contributed by atoms with Crippen LogP contribution in [0, 0.1) is 3.57 Å². The van der Waals surface area contributed by atoms with Crippen LogP contribution >= 0.6 is 22.6 Å². The van der Waals surface area contributed by atoms with E-state index in [1.165, 1.54) is 19.1 Å². The van der Waals surface area contributed by atoms with Crippen LogP contribution in [0.25, 0.3) is 0 Å². The van der Waals surface area contributed by atoms with Gasteiger partial charge in [0.1, 0.15) is 11.6 Å². The number of likely N-dealkylation sites (tertiary alicyclic amines) is 1. The van der Waals surface area contributed by atoms with Gasteiger partial charge in [0.2, 0.25) is 18.0 Å². The fourth-order valence-electron chi connectivity index (χ4n) is 3.83. The van der Waals surface area contributed by atoms with Crippen molar-refractivity contribution in [3.05, 3.63) is 51.1 Å². The molecule has 0 aliphatic carbocycles. The van der Waals surface area contributed by atoms with Crippen LogP contribution in [-0.4, -0.2) is 42.9 Å². The molecule has 2 heterocycles. The Bertz CT molecular complexity index is 1040. The van der Waals surface area contributed by atoms with Crippen molar-refractivity contribution in [3.8, 4) is 11.5 Å². The van der Waals surface area contributed by atoms with Gasteiger partial charge in [0.15, 0.2) is 11.5 Å². The van der Waals surface area contributed by atoms with Crippen molar-refractivity contribution in [1.29, 1.82) is 0 Å². The minimum atomic E-state index is -0.992. The lowest BCUT2D eigenvalue weighted by molar-refractivity contribution is -0.144. The van der Waals surface area contributed by atoms with Crippen molar-refractivity contribution in [2.45, 2.75) is 25.1 Å². The maximum absolute atomic E-state index is 13.0. The third-order valence-corrected chi connectivity index (χ3v) is 5.84. The fourth-order valence-corrected chi connectivity index (χ4v) is 4.38. The number of hydrogen-bond acceptors (Lipinski definition) is 6. The summed E-state index contributed by atoms with van der Waals surface area (Å²) in [4.78, 5) is 39.6. The van der Waals surface area contributed by atoms with Gasteiger partial charge in [0, 0.05) is 21.2 Å². The lowest BCUT2D eigenvalue weighted by atomic mass is 10.1. The Hall–Kier alpha value is -2.82. The summed E-state index contributed by atoms with van der Waals surface area (Å²) in [5.41, 5.74) is 1.32. The molecular weight excluding hydrogens is 503 g/mol. The number of nitrogens with zero attached hydrogens (tertiary/aromatic N) is 1. The highest BCUT2D eigenvalue weighted by molar-refractivity contribution is 14.1. The maximum Gasteiger partial charge on any atom is 0.344 e. The molecule has 0 saturated carbocycles. The molecule has 8 nitrogen and oxygen atoms in total. The van der Waals surface area contributed by atoms with E-state index in [4.69, 9.17) is 14.2 Å². The SMILES string of the molecule is COc1ccc2c(c1OC)C(=O)OC2N1C(=O)CCC1C(=O)Nc1cccc(I)c1. The Balaban J connectivity index is 1.65. The van der Waals surface area contributed by atoms with E-state index in [-0.39, 0.29) is 29.5 Å². The molecule has 0 aromatic heterocycles. The minimum absolute atomic E-state index is 0.196. The normalized spacial score (nSPS) is 20.0. The second-order valence-electron chi connectivity index (χ2n) is 6.88. The molecule has 1 saturated heterocycles. The molecule has 1 N–H and O–H groups in total. The summed E-state index contributed by atoms with van der Waals surface area (Å²) in [6.45, 7) is 0. The number of nitrogens with one attached hydrogen (secondary N) is 1. The molecule has 2 amide bonds. The minimum Gasteiger partial charge on any atom is -0.493 e. The lowest BCUT2D eigenvalue weighted by Crippen LogP contribution is -2.43. The number of esters is 1. The summed E-state index contributed by atoms with van der Waals surface area (Å²) in [7, 11) is 2.90. The first kappa shape index (κ1) is 20.5. The van der Waals surface area contributed by atoms with Crippen LogP contribution in [0.15, 0.2) is 36.4 Å². The van der Waals surface area contributed by atoms with Crippen LogP contribution in [-0.2, 0) is 14.3 Å². The molecule has 2 aromatic rings. The molecule has 2 unspecified atom stereocenters. The summed E-state index contributed by atoms with van der Waals surface area (Å²) in [5, 5.41) is 2.85. The molecule has 2 atom stereocenters. The van der Waals surface area contributed by atoms with E-state index in [9.17, 15) is 14.4 Å². The van der Waals surface area contributed by atoms with E-state index in [1.54, 1.807) is 18.2 Å². The predicted octanol–water partition coefficient (Wildman–Crippen LogP) is 3.11. The second kappa shape index (κ2) is 8.13. The quantitative estimate of drug-likeness (QED) is 0.480. The van der Waals surface area contributed by atoms with Gasteiger partial charge in [-0.2, -0.15) is 0 Å². The van der Waals surface area contributed by atoms with E-state index >= 15 is 0 Å². The molecule has 0 spiro atoms. The van der Waals surface area contributed by atoms with Gasteiger partial charge in [-0.1, -0.05) is 6.07 Å². The van der Waals surface area contributed by atoms with Gasteiger partial charge < -0.3 is 19.5 Å². The van der Waals surface area contributed by atoms with Gasteiger partial charge in [-0.15, -0.1) is 0 Å². The third kappa shape index (κ3) is 3.47. The monoisotopic (exact) mass is 522 g/mol. The van der Waals surface area contributed by atoms with Gasteiger partial charge >= 0.3 is 5.97 Å². The van der Waals surface area contributed by atoms with Crippen LogP contribution in [0.2, 0.25) is 0 Å². The first-order valence-electron chi connectivity index (χ1n) is 9.28. The Morgan fingerprint density at radius 3 is 2.70 bits per heavy atom. The molecular formula is C21H19IN2O6. The lowest BCUT2D eigenvalue weighted by Gasteiger charge is -2.29. The largest absolute Gasteiger partial charge is 0.493 e. The average Bonchev–Trinajstić information content (AvgIpc) is 3.27. The third-order valence-electron chi connectivity index (χ3n) is 5.17. The van der Waals surface area contributed by atoms with Gasteiger partial charge in [0.25, 0.3) is 0 Å². The fraction of sp³-hybridized carbons (Fsp3) is 0.286. The number of ether oxygens (including phenoxy) is 3. The zero-order chi connectivity index (χ0) is 21.4. The highest BCUT2D eigenvalue weighted by Gasteiger charge is 2.47. The number of hydrogen-bond donors (Lipinski definition) is 1. The second-order valence-corrected chi connectivity index (χ2v) is 8.12. The number of fused-ring (bicyclic) bond motifs is 1. The predicted molar refractivity (Wildman–Crippen MR) is 115 cm³/mol. The van der Waals surface area contributed by atoms with Gasteiger partial charge in [0.05, 0.1) is 14.2 Å². The highest BCUT2D eigenvalue weighted by Crippen LogP contribution is 2.45. The van der Waals surface area contributed by atoms with Crippen molar-refractivity contribution in [2.75, 3.05) is 19.5 Å². The van der Waals surface area contributed by atoms with Crippen molar-refractivity contribution < 1.29 is 28.6 Å². The van der Waals surface area contributed by atoms with Crippen molar-refractivity contribution in [3.63, 3.8) is 0 Å². The van der Waals surface area contributed by atoms with Crippen molar-refractivity contribution in [1.82, 2.24) is 4.90 Å². The standard InChI is InChI=1S/C21H19IN2O6/c1-28-15-8-6-13-17(18(15)29-2)21(27)30-20(13)24-14(7-9-16(24)25)19(26)23-12-5-3-4-11(22)10-12/h3-6,8,10,14,20H,7,9H2,1-2H3,(H,23,26). The highest BCUT2D eigenvalue weighted by atomic mass is 127. The Morgan fingerprint density at radius 1 is 1.20 bits per heavy atom. The smallest absolute Gasteiger partial charge is 0.344 e. The average molecular weight is 522 g/mol. The molecule has 30 heavy (non-hydrogen) atoms. The first-order chi connectivity index (χ1) is 14.4. The maximum atomic E-state index is 13.0. The Morgan fingerprint density at radius 2 is 2.00 bits per heavy atom. The molecule has 9 heteroatoms. The summed E-state index contributed by atoms with van der Waals surface area (Å²) in [6, 6.07) is 9.92. The van der Waals surface area contributed by atoms with Crippen LogP contribution in [0.5, 0.6) is 11.5 Å². The Kier molecular flexibility index (Phi) is 5.54. The first-order valence-corrected chi connectivity index (χ1v) is 10.4. The molecule has 4 rings (SSSR count). The van der Waals surface area contributed by atoms with Crippen LogP contribution in [0.3, 0.4) is 0 Å². The number of halogens is 1. The van der Waals surface area contributed by atoms with Crippen molar-refractivity contribution >= 4 is 46.1 Å². The molecule has 2 aliphatic heterocycles. The zero-order valence-electron chi connectivity index (χ0n) is 16.3. The number of amides is 2. The molecule has 2 aliphatic rings. The molecule has 0 bridgehead atoms. The molecule has 1 fully saturated rings. The molecule has 0 radical (unpaired) electrons. The van der Waals surface area contributed by atoms with E-state index in [0.717, 1.165) is 3.57 Å². The van der Waals surface area contributed by atoms with E-state index in [2.05, 4.69) is 27.9 Å². The van der Waals surface area contributed by atoms with Crippen LogP contribution in [0.1, 0.15) is 35.0 Å². The van der Waals surface area contributed by atoms with E-state index in [1.807, 2.05) is 18.2 Å². The van der Waals surface area contributed by atoms with E-state index in [0.29, 0.717) is 23.4 Å². The van der Waals surface area contributed by atoms with Gasteiger partial charge in [-0.05, 0) is 59.3 Å². The van der Waals surface area contributed by atoms with Crippen LogP contribution in [0.4, 0.5) is 5.69 Å². The molecule has 156 valence electrons. The number of anilines is 1. The zero-order valence-corrected chi connectivity index (χ0v) is 18.5. The summed E-state index contributed by atoms with van der Waals surface area (Å²) in [5.74, 6) is -0.572. The van der Waals surface area contributed by atoms with Gasteiger partial charge in [-0.25, -0.2) is 4.79 Å². The number of rotatable bonds is 5. The summed E-state index contributed by atoms with van der Waals surface area (Å²) in [6.07, 6.45) is -0.458. The summed E-state index contributed by atoms with van der Waals surface area (Å²) < 4.78 is 17.1. The van der Waals surface area contributed by atoms with E-state index < -0.39 is 18.2 Å².